The van der Waals surface area contributed by atoms with Gasteiger partial charge in [0.1, 0.15) is 0 Å². The lowest BCUT2D eigenvalue weighted by molar-refractivity contribution is -0.384. The quantitative estimate of drug-likeness (QED) is 0.456. The van der Waals surface area contributed by atoms with Gasteiger partial charge in [0.05, 0.1) is 16.5 Å². The molecule has 0 heterocycles. The summed E-state index contributed by atoms with van der Waals surface area (Å²) in [4.78, 5) is 36.5. The van der Waals surface area contributed by atoms with Gasteiger partial charge in [-0.3, -0.25) is 14.9 Å². The number of nitrogens with zero attached hydrogens (tertiary/aromatic N) is 2. The van der Waals surface area contributed by atoms with Gasteiger partial charge in [0, 0.05) is 31.9 Å². The molecule has 1 amide bonds. The Bertz CT molecular complexity index is 838. The van der Waals surface area contributed by atoms with Crippen molar-refractivity contribution in [3.8, 4) is 0 Å². The Labute approximate surface area is 156 Å². The first-order chi connectivity index (χ1) is 12.8. The minimum Gasteiger partial charge on any atom is -0.452 e. The van der Waals surface area contributed by atoms with Crippen molar-refractivity contribution in [2.75, 3.05) is 26.0 Å². The first-order valence-corrected chi connectivity index (χ1v) is 8.29. The topological polar surface area (TPSA) is 102 Å². The van der Waals surface area contributed by atoms with E-state index < -0.39 is 17.5 Å². The fraction of sp³-hybridized carbons (Fsp3) is 0.263. The highest BCUT2D eigenvalue weighted by atomic mass is 16.6. The number of ether oxygens (including phenoxy) is 1. The molecule has 8 nitrogen and oxygen atoms in total. The summed E-state index contributed by atoms with van der Waals surface area (Å²) in [6.07, 6.45) is 0. The molecule has 0 saturated heterocycles. The monoisotopic (exact) mass is 371 g/mol. The molecule has 0 saturated carbocycles. The lowest BCUT2D eigenvalue weighted by atomic mass is 10.1. The number of carbonyl (C=O) groups is 2. The Morgan fingerprint density at radius 1 is 1.22 bits per heavy atom. The van der Waals surface area contributed by atoms with Crippen molar-refractivity contribution >= 4 is 23.3 Å². The zero-order valence-corrected chi connectivity index (χ0v) is 15.3. The van der Waals surface area contributed by atoms with E-state index in [-0.39, 0.29) is 23.2 Å². The molecule has 1 N–H and O–H groups in total. The van der Waals surface area contributed by atoms with Gasteiger partial charge in [0.15, 0.2) is 6.61 Å². The maximum absolute atomic E-state index is 12.3. The van der Waals surface area contributed by atoms with Gasteiger partial charge >= 0.3 is 5.97 Å². The van der Waals surface area contributed by atoms with E-state index in [1.54, 1.807) is 14.1 Å². The number of hydrogen-bond donors (Lipinski definition) is 1. The van der Waals surface area contributed by atoms with Gasteiger partial charge in [-0.05, 0) is 18.6 Å². The number of esters is 1. The lowest BCUT2D eigenvalue weighted by Crippen LogP contribution is -2.33. The van der Waals surface area contributed by atoms with Gasteiger partial charge < -0.3 is 15.0 Å². The van der Waals surface area contributed by atoms with Crippen molar-refractivity contribution in [3.05, 3.63) is 69.8 Å². The molecule has 0 fully saturated rings. The molecule has 0 aliphatic rings. The van der Waals surface area contributed by atoms with E-state index in [1.165, 1.54) is 17.0 Å². The second-order valence-corrected chi connectivity index (χ2v) is 5.90. The lowest BCUT2D eigenvalue weighted by Gasteiger charge is -2.25. The Kier molecular flexibility index (Phi) is 6.48. The van der Waals surface area contributed by atoms with Crippen LogP contribution in [0.15, 0.2) is 48.5 Å². The third kappa shape index (κ3) is 4.81. The third-order valence-corrected chi connectivity index (χ3v) is 4.29. The molecule has 8 heteroatoms. The van der Waals surface area contributed by atoms with Gasteiger partial charge in [-0.25, -0.2) is 4.79 Å². The third-order valence-electron chi connectivity index (χ3n) is 4.29. The summed E-state index contributed by atoms with van der Waals surface area (Å²) in [5.41, 5.74) is 1.10. The van der Waals surface area contributed by atoms with E-state index >= 15 is 0 Å². The second-order valence-electron chi connectivity index (χ2n) is 5.90. The molecule has 0 aliphatic heterocycles. The fourth-order valence-corrected chi connectivity index (χ4v) is 2.51. The van der Waals surface area contributed by atoms with Crippen LogP contribution in [0.3, 0.4) is 0 Å². The van der Waals surface area contributed by atoms with Crippen LogP contribution in [0.4, 0.5) is 11.4 Å². The van der Waals surface area contributed by atoms with E-state index in [9.17, 15) is 19.7 Å². The van der Waals surface area contributed by atoms with Crippen LogP contribution in [-0.2, 0) is 9.53 Å². The smallest absolute Gasteiger partial charge is 0.341 e. The van der Waals surface area contributed by atoms with Crippen LogP contribution in [-0.4, -0.2) is 42.4 Å². The van der Waals surface area contributed by atoms with E-state index in [4.69, 9.17) is 4.74 Å². The average Bonchev–Trinajstić information content (AvgIpc) is 2.70. The van der Waals surface area contributed by atoms with Gasteiger partial charge in [0.25, 0.3) is 11.6 Å². The second kappa shape index (κ2) is 8.79. The molecular weight excluding hydrogens is 350 g/mol. The normalized spacial score (nSPS) is 11.4. The zero-order chi connectivity index (χ0) is 20.0. The number of non-ortho nitro benzene ring substituents is 1. The van der Waals surface area contributed by atoms with Crippen LogP contribution in [0.25, 0.3) is 0 Å². The Morgan fingerprint density at radius 3 is 2.48 bits per heavy atom. The van der Waals surface area contributed by atoms with Crippen LogP contribution in [0.1, 0.15) is 28.9 Å². The van der Waals surface area contributed by atoms with Crippen molar-refractivity contribution in [3.63, 3.8) is 0 Å². The fourth-order valence-electron chi connectivity index (χ4n) is 2.51. The number of nitro groups is 1. The van der Waals surface area contributed by atoms with Crippen LogP contribution in [0.2, 0.25) is 0 Å². The largest absolute Gasteiger partial charge is 0.452 e. The van der Waals surface area contributed by atoms with E-state index in [2.05, 4.69) is 5.32 Å². The summed E-state index contributed by atoms with van der Waals surface area (Å²) < 4.78 is 5.08. The molecular formula is C19H21N3O5. The molecule has 1 unspecified atom stereocenters. The maximum atomic E-state index is 12.3. The molecule has 2 aromatic carbocycles. The van der Waals surface area contributed by atoms with Gasteiger partial charge in [0.2, 0.25) is 0 Å². The number of anilines is 1. The molecule has 2 rings (SSSR count). The number of rotatable bonds is 7. The molecule has 0 bridgehead atoms. The molecule has 27 heavy (non-hydrogen) atoms. The summed E-state index contributed by atoms with van der Waals surface area (Å²) >= 11 is 0. The van der Waals surface area contributed by atoms with Crippen LogP contribution < -0.4 is 5.32 Å². The number of nitro benzene ring substituents is 1. The predicted molar refractivity (Wildman–Crippen MR) is 101 cm³/mol. The first-order valence-electron chi connectivity index (χ1n) is 8.29. The number of nitrogens with one attached hydrogen (secondary N) is 1. The Balaban J connectivity index is 2.05. The molecule has 142 valence electrons. The van der Waals surface area contributed by atoms with Crippen molar-refractivity contribution in [2.45, 2.75) is 13.0 Å². The Hall–Kier alpha value is -3.42. The molecule has 0 spiro atoms. The highest BCUT2D eigenvalue weighted by Gasteiger charge is 2.21. The Morgan fingerprint density at radius 2 is 1.89 bits per heavy atom. The number of carbonyl (C=O) groups excluding carboxylic acids is 2. The van der Waals surface area contributed by atoms with Gasteiger partial charge in [-0.15, -0.1) is 0 Å². The van der Waals surface area contributed by atoms with Crippen molar-refractivity contribution in [1.29, 1.82) is 0 Å². The summed E-state index contributed by atoms with van der Waals surface area (Å²) in [5.74, 6) is -1.19. The van der Waals surface area contributed by atoms with Crippen LogP contribution in [0.5, 0.6) is 0 Å². The molecule has 0 aliphatic carbocycles. The predicted octanol–water partition coefficient (Wildman–Crippen LogP) is 3.01. The molecule has 2 aromatic rings. The number of hydrogen-bond acceptors (Lipinski definition) is 6. The summed E-state index contributed by atoms with van der Waals surface area (Å²) in [7, 11) is 3.21. The summed E-state index contributed by atoms with van der Waals surface area (Å²) in [6.45, 7) is 1.41. The van der Waals surface area contributed by atoms with E-state index in [0.29, 0.717) is 5.69 Å². The number of likely N-dealkylation sites (N-methyl/N-ethyl adjacent to an activating group) is 1. The van der Waals surface area contributed by atoms with Crippen molar-refractivity contribution < 1.29 is 19.2 Å². The molecule has 0 aromatic heterocycles. The van der Waals surface area contributed by atoms with Crippen LogP contribution in [0, 0.1) is 10.1 Å². The molecule has 0 radical (unpaired) electrons. The highest BCUT2D eigenvalue weighted by molar-refractivity contribution is 5.97. The minimum absolute atomic E-state index is 0.00161. The van der Waals surface area contributed by atoms with E-state index in [0.717, 1.165) is 11.6 Å². The SMILES string of the molecule is CNc1ccc([N+](=O)[O-])cc1C(=O)OCC(=O)N(C)C(C)c1ccccc1. The highest BCUT2D eigenvalue weighted by Crippen LogP contribution is 2.23. The van der Waals surface area contributed by atoms with Gasteiger partial charge in [-0.2, -0.15) is 0 Å². The standard InChI is InChI=1S/C19H21N3O5/c1-13(14-7-5-4-6-8-14)21(3)18(23)12-27-19(24)16-11-15(22(25)26)9-10-17(16)20-2/h4-11,13,20H,12H2,1-3H3. The maximum Gasteiger partial charge on any atom is 0.341 e. The van der Waals surface area contributed by atoms with Crippen molar-refractivity contribution in [1.82, 2.24) is 4.90 Å². The first kappa shape index (κ1) is 19.9. The number of benzene rings is 2. The van der Waals surface area contributed by atoms with Crippen molar-refractivity contribution in [2.24, 2.45) is 0 Å². The zero-order valence-electron chi connectivity index (χ0n) is 15.3. The van der Waals surface area contributed by atoms with Gasteiger partial charge in [-0.1, -0.05) is 30.3 Å². The molecule has 1 atom stereocenters. The average molecular weight is 371 g/mol. The van der Waals surface area contributed by atoms with Crippen LogP contribution >= 0.6 is 0 Å². The number of amides is 1. The minimum atomic E-state index is -0.808. The summed E-state index contributed by atoms with van der Waals surface area (Å²) in [6, 6.07) is 13.1. The summed E-state index contributed by atoms with van der Waals surface area (Å²) in [5, 5.41) is 13.7. The van der Waals surface area contributed by atoms with E-state index in [1.807, 2.05) is 37.3 Å².